The Kier molecular flexibility index (Phi) is 7.96. The van der Waals surface area contributed by atoms with Crippen molar-refractivity contribution in [1.29, 1.82) is 0 Å². The van der Waals surface area contributed by atoms with Crippen LogP contribution in [0.5, 0.6) is 0 Å². The van der Waals surface area contributed by atoms with Gasteiger partial charge in [0, 0.05) is 12.4 Å². The summed E-state index contributed by atoms with van der Waals surface area (Å²) >= 11 is 0. The summed E-state index contributed by atoms with van der Waals surface area (Å²) in [7, 11) is 0. The van der Waals surface area contributed by atoms with Crippen LogP contribution in [0.2, 0.25) is 0 Å². The van der Waals surface area contributed by atoms with E-state index >= 15 is 0 Å². The molecule has 0 aliphatic carbocycles. The summed E-state index contributed by atoms with van der Waals surface area (Å²) in [5.74, 6) is -2.48. The Morgan fingerprint density at radius 2 is 1.16 bits per heavy atom. The number of carbonyl (C=O) groups excluding carboxylic acids is 2. The van der Waals surface area contributed by atoms with E-state index in [0.717, 1.165) is 0 Å². The van der Waals surface area contributed by atoms with Gasteiger partial charge in [0.25, 0.3) is 0 Å². The van der Waals surface area contributed by atoms with Crippen LogP contribution in [0.3, 0.4) is 0 Å². The number of rotatable bonds is 2. The van der Waals surface area contributed by atoms with Crippen molar-refractivity contribution in [3.05, 3.63) is 60.2 Å². The number of carbonyl (C=O) groups is 2. The summed E-state index contributed by atoms with van der Waals surface area (Å²) in [4.78, 5) is 27.1. The molecule has 0 amide bonds. The maximum atomic E-state index is 10.0. The second-order valence-electron chi connectivity index (χ2n) is 3.00. The molecule has 0 aromatic carbocycles. The third-order valence-electron chi connectivity index (χ3n) is 1.75. The van der Waals surface area contributed by atoms with Crippen LogP contribution in [0, 0.1) is 0 Å². The fourth-order valence-electron chi connectivity index (χ4n) is 0.967. The van der Waals surface area contributed by atoms with Gasteiger partial charge in [-0.2, -0.15) is 0 Å². The minimum absolute atomic E-state index is 0. The van der Waals surface area contributed by atoms with Gasteiger partial charge in [-0.1, -0.05) is 12.1 Å². The monoisotopic (exact) mass is 439 g/mol. The van der Waals surface area contributed by atoms with E-state index in [1.165, 1.54) is 24.5 Å². The molecule has 2 aromatic rings. The number of hydrogen-bond acceptors (Lipinski definition) is 6. The van der Waals surface area contributed by atoms with Crippen molar-refractivity contribution in [2.75, 3.05) is 0 Å². The van der Waals surface area contributed by atoms with Gasteiger partial charge in [0.1, 0.15) is 0 Å². The molecule has 0 aliphatic rings. The molecule has 7 heteroatoms. The third-order valence-corrected chi connectivity index (χ3v) is 1.75. The van der Waals surface area contributed by atoms with Gasteiger partial charge in [-0.05, 0) is 24.3 Å². The van der Waals surface area contributed by atoms with Crippen molar-refractivity contribution >= 4 is 11.9 Å². The normalized spacial score (nSPS) is 8.42. The number of aromatic carboxylic acids is 2. The van der Waals surface area contributed by atoms with Crippen molar-refractivity contribution < 1.29 is 40.9 Å². The van der Waals surface area contributed by atoms with Crippen LogP contribution in [-0.4, -0.2) is 21.9 Å². The van der Waals surface area contributed by atoms with Crippen molar-refractivity contribution in [2.24, 2.45) is 0 Å². The Balaban J connectivity index is 0.000000324. The van der Waals surface area contributed by atoms with Gasteiger partial charge in [-0.3, -0.25) is 9.97 Å². The molecular weight excluding hydrogens is 431 g/mol. The molecule has 19 heavy (non-hydrogen) atoms. The minimum Gasteiger partial charge on any atom is -0.543 e. The molecule has 0 spiro atoms. The van der Waals surface area contributed by atoms with Crippen LogP contribution >= 0.6 is 0 Å². The van der Waals surface area contributed by atoms with E-state index < -0.39 is 11.9 Å². The average molecular weight is 439 g/mol. The van der Waals surface area contributed by atoms with E-state index in [-0.39, 0.29) is 32.5 Å². The largest absolute Gasteiger partial charge is 2.00 e. The standard InChI is InChI=1S/2C6H5NO2.Pt/c2*8-6(9)5-3-1-2-4-7-5;/h2*1-4H,(H,8,9);/q;;+2/p-2. The van der Waals surface area contributed by atoms with Crippen LogP contribution in [0.15, 0.2) is 48.8 Å². The first-order valence-electron chi connectivity index (χ1n) is 4.86. The maximum Gasteiger partial charge on any atom is 2.00 e. The number of hydrogen-bond donors (Lipinski definition) is 0. The summed E-state index contributed by atoms with van der Waals surface area (Å²) in [6.45, 7) is 0. The van der Waals surface area contributed by atoms with Crippen LogP contribution < -0.4 is 10.2 Å². The van der Waals surface area contributed by atoms with Crippen molar-refractivity contribution in [1.82, 2.24) is 9.97 Å². The quantitative estimate of drug-likeness (QED) is 0.588. The van der Waals surface area contributed by atoms with Gasteiger partial charge in [0.2, 0.25) is 0 Å². The summed E-state index contributed by atoms with van der Waals surface area (Å²) in [5.41, 5.74) is -0.0602. The predicted molar refractivity (Wildman–Crippen MR) is 57.1 cm³/mol. The molecule has 0 unspecified atom stereocenters. The Morgan fingerprint density at radius 1 is 0.789 bits per heavy atom. The van der Waals surface area contributed by atoms with Crippen molar-refractivity contribution in [2.45, 2.75) is 0 Å². The first-order valence-corrected chi connectivity index (χ1v) is 4.86. The molecule has 0 saturated carbocycles. The number of nitrogens with zero attached hydrogens (tertiary/aromatic N) is 2. The fourth-order valence-corrected chi connectivity index (χ4v) is 0.967. The van der Waals surface area contributed by atoms with Gasteiger partial charge in [-0.15, -0.1) is 0 Å². The van der Waals surface area contributed by atoms with E-state index in [9.17, 15) is 19.8 Å². The zero-order valence-electron chi connectivity index (χ0n) is 9.46. The Labute approximate surface area is 123 Å². The van der Waals surface area contributed by atoms with Crippen molar-refractivity contribution in [3.63, 3.8) is 0 Å². The molecule has 2 aromatic heterocycles. The van der Waals surface area contributed by atoms with E-state index in [4.69, 9.17) is 0 Å². The molecule has 0 atom stereocenters. The van der Waals surface area contributed by atoms with E-state index in [1.807, 2.05) is 0 Å². The average Bonchev–Trinajstić information content (AvgIpc) is 2.41. The molecule has 0 aliphatic heterocycles. The summed E-state index contributed by atoms with van der Waals surface area (Å²) in [6, 6.07) is 9.25. The van der Waals surface area contributed by atoms with Crippen LogP contribution in [0.25, 0.3) is 0 Å². The van der Waals surface area contributed by atoms with Crippen LogP contribution in [0.1, 0.15) is 21.0 Å². The van der Waals surface area contributed by atoms with Gasteiger partial charge in [0.15, 0.2) is 0 Å². The topological polar surface area (TPSA) is 106 Å². The maximum absolute atomic E-state index is 10.0. The van der Waals surface area contributed by atoms with E-state index in [2.05, 4.69) is 9.97 Å². The molecule has 6 nitrogen and oxygen atoms in total. The number of carboxylic acid groups (broad SMARTS) is 2. The van der Waals surface area contributed by atoms with Gasteiger partial charge in [-0.25, -0.2) is 0 Å². The fraction of sp³-hybridized carbons (Fsp3) is 0. The van der Waals surface area contributed by atoms with Gasteiger partial charge >= 0.3 is 21.1 Å². The first kappa shape index (κ1) is 16.9. The molecule has 0 bridgehead atoms. The summed E-state index contributed by atoms with van der Waals surface area (Å²) < 4.78 is 0. The summed E-state index contributed by atoms with van der Waals surface area (Å²) in [5, 5.41) is 20.1. The number of pyridine rings is 2. The zero-order valence-corrected chi connectivity index (χ0v) is 11.7. The molecule has 2 rings (SSSR count). The second-order valence-corrected chi connectivity index (χ2v) is 3.00. The third kappa shape index (κ3) is 6.43. The van der Waals surface area contributed by atoms with Crippen LogP contribution in [0.4, 0.5) is 0 Å². The SMILES string of the molecule is O=C([O-])c1ccccn1.O=C([O-])c1ccccn1.[Pt+2]. The minimum atomic E-state index is -1.24. The molecule has 2 heterocycles. The number of aromatic nitrogens is 2. The molecule has 0 fully saturated rings. The Hall–Kier alpha value is -2.07. The Bertz CT molecular complexity index is 470. The summed E-state index contributed by atoms with van der Waals surface area (Å²) in [6.07, 6.45) is 2.82. The molecule has 0 radical (unpaired) electrons. The predicted octanol–water partition coefficient (Wildman–Crippen LogP) is -1.11. The smallest absolute Gasteiger partial charge is 0.543 e. The van der Waals surface area contributed by atoms with E-state index in [1.54, 1.807) is 24.3 Å². The van der Waals surface area contributed by atoms with Gasteiger partial charge in [0.05, 0.1) is 23.3 Å². The number of carboxylic acids is 2. The molecular formula is C12H8N2O4Pt. The second kappa shape index (κ2) is 8.94. The van der Waals surface area contributed by atoms with Crippen molar-refractivity contribution in [3.8, 4) is 0 Å². The molecule has 100 valence electrons. The van der Waals surface area contributed by atoms with Gasteiger partial charge < -0.3 is 19.8 Å². The Morgan fingerprint density at radius 3 is 1.32 bits per heavy atom. The first-order chi connectivity index (χ1) is 8.61. The van der Waals surface area contributed by atoms with E-state index in [0.29, 0.717) is 0 Å². The molecule has 0 N–H and O–H groups in total. The zero-order chi connectivity index (χ0) is 13.4. The molecule has 0 saturated heterocycles. The van der Waals surface area contributed by atoms with Crippen LogP contribution in [-0.2, 0) is 21.1 Å².